The van der Waals surface area contributed by atoms with Crippen LogP contribution in [0.2, 0.25) is 0 Å². The van der Waals surface area contributed by atoms with Crippen molar-refractivity contribution in [2.45, 2.75) is 45.2 Å². The summed E-state index contributed by atoms with van der Waals surface area (Å²) in [5.74, 6) is 1.78. The second-order valence-electron chi connectivity index (χ2n) is 5.78. The fourth-order valence-electron chi connectivity index (χ4n) is 2.75. The molecule has 108 valence electrons. The van der Waals surface area contributed by atoms with Gasteiger partial charge in [0, 0.05) is 30.8 Å². The Morgan fingerprint density at radius 2 is 2.30 bits per heavy atom. The van der Waals surface area contributed by atoms with E-state index in [9.17, 15) is 0 Å². The van der Waals surface area contributed by atoms with Gasteiger partial charge in [0.25, 0.3) is 0 Å². The monoisotopic (exact) mass is 275 g/mol. The number of nitrogens with zero attached hydrogens (tertiary/aromatic N) is 5. The zero-order chi connectivity index (χ0) is 14.1. The topological polar surface area (TPSA) is 60.0 Å². The van der Waals surface area contributed by atoms with Crippen molar-refractivity contribution in [3.8, 4) is 0 Å². The Kier molecular flexibility index (Phi) is 3.56. The van der Waals surface area contributed by atoms with E-state index < -0.39 is 0 Å². The lowest BCUT2D eigenvalue weighted by Gasteiger charge is -2.21. The first-order chi connectivity index (χ1) is 9.63. The van der Waals surface area contributed by atoms with Crippen molar-refractivity contribution in [2.24, 2.45) is 7.05 Å². The molecule has 0 aliphatic carbocycles. The summed E-state index contributed by atoms with van der Waals surface area (Å²) >= 11 is 0. The maximum atomic E-state index is 5.28. The van der Waals surface area contributed by atoms with Crippen molar-refractivity contribution in [1.29, 1.82) is 0 Å². The highest BCUT2D eigenvalue weighted by Crippen LogP contribution is 2.32. The largest absolute Gasteiger partial charge is 0.339 e. The van der Waals surface area contributed by atoms with E-state index in [0.717, 1.165) is 24.8 Å². The quantitative estimate of drug-likeness (QED) is 0.856. The molecule has 2 aromatic rings. The molecule has 0 unspecified atom stereocenters. The lowest BCUT2D eigenvalue weighted by molar-refractivity contribution is 0.237. The van der Waals surface area contributed by atoms with Crippen LogP contribution in [-0.4, -0.2) is 31.4 Å². The standard InChI is InChI=1S/C14H21N5O/c1-10(2)14-16-13(17-20-14)9-19-6-4-5-12(19)11-7-15-18(3)8-11/h7-8,10,12H,4-6,9H2,1-3H3/t12-/m1/s1. The molecule has 0 saturated carbocycles. The van der Waals surface area contributed by atoms with Crippen LogP contribution in [0.15, 0.2) is 16.9 Å². The average Bonchev–Trinajstić information content (AvgIpc) is 3.09. The Balaban J connectivity index is 1.72. The van der Waals surface area contributed by atoms with Gasteiger partial charge in [-0.1, -0.05) is 19.0 Å². The Bertz CT molecular complexity index is 574. The molecule has 3 rings (SSSR count). The van der Waals surface area contributed by atoms with E-state index in [-0.39, 0.29) is 5.92 Å². The minimum absolute atomic E-state index is 0.281. The lowest BCUT2D eigenvalue weighted by atomic mass is 10.1. The van der Waals surface area contributed by atoms with Gasteiger partial charge in [0.1, 0.15) is 0 Å². The van der Waals surface area contributed by atoms with Crippen LogP contribution in [0, 0.1) is 0 Å². The van der Waals surface area contributed by atoms with Gasteiger partial charge < -0.3 is 4.52 Å². The maximum absolute atomic E-state index is 5.28. The summed E-state index contributed by atoms with van der Waals surface area (Å²) in [7, 11) is 1.96. The molecule has 0 bridgehead atoms. The predicted molar refractivity (Wildman–Crippen MR) is 74.0 cm³/mol. The molecule has 0 amide bonds. The molecular formula is C14H21N5O. The van der Waals surface area contributed by atoms with E-state index in [1.165, 1.54) is 18.4 Å². The number of likely N-dealkylation sites (tertiary alicyclic amines) is 1. The highest BCUT2D eigenvalue weighted by atomic mass is 16.5. The van der Waals surface area contributed by atoms with Crippen molar-refractivity contribution < 1.29 is 4.52 Å². The van der Waals surface area contributed by atoms with Gasteiger partial charge >= 0.3 is 0 Å². The second kappa shape index (κ2) is 5.36. The third-order valence-electron chi connectivity index (χ3n) is 3.80. The van der Waals surface area contributed by atoms with E-state index in [4.69, 9.17) is 4.52 Å². The highest BCUT2D eigenvalue weighted by Gasteiger charge is 2.28. The minimum Gasteiger partial charge on any atom is -0.339 e. The van der Waals surface area contributed by atoms with E-state index >= 15 is 0 Å². The van der Waals surface area contributed by atoms with Gasteiger partial charge in [-0.3, -0.25) is 9.58 Å². The van der Waals surface area contributed by atoms with Crippen LogP contribution >= 0.6 is 0 Å². The third kappa shape index (κ3) is 2.60. The molecule has 1 saturated heterocycles. The van der Waals surface area contributed by atoms with Crippen LogP contribution in [0.5, 0.6) is 0 Å². The van der Waals surface area contributed by atoms with Crippen LogP contribution in [0.1, 0.15) is 55.9 Å². The molecule has 1 atom stereocenters. The van der Waals surface area contributed by atoms with Crippen molar-refractivity contribution in [3.05, 3.63) is 29.7 Å². The molecule has 3 heterocycles. The lowest BCUT2D eigenvalue weighted by Crippen LogP contribution is -2.23. The van der Waals surface area contributed by atoms with E-state index in [1.54, 1.807) is 0 Å². The molecule has 2 aromatic heterocycles. The van der Waals surface area contributed by atoms with Crippen LogP contribution in [-0.2, 0) is 13.6 Å². The zero-order valence-corrected chi connectivity index (χ0v) is 12.3. The number of aryl methyl sites for hydroxylation is 1. The summed E-state index contributed by atoms with van der Waals surface area (Å²) in [6.45, 7) is 5.94. The van der Waals surface area contributed by atoms with Gasteiger partial charge in [-0.25, -0.2) is 0 Å². The van der Waals surface area contributed by atoms with E-state index in [0.29, 0.717) is 6.04 Å². The van der Waals surface area contributed by atoms with Crippen molar-refractivity contribution in [1.82, 2.24) is 24.8 Å². The first-order valence-corrected chi connectivity index (χ1v) is 7.18. The van der Waals surface area contributed by atoms with Crippen LogP contribution in [0.3, 0.4) is 0 Å². The Labute approximate surface area is 118 Å². The molecule has 6 heteroatoms. The second-order valence-corrected chi connectivity index (χ2v) is 5.78. The molecule has 6 nitrogen and oxygen atoms in total. The van der Waals surface area contributed by atoms with Crippen molar-refractivity contribution in [3.63, 3.8) is 0 Å². The summed E-state index contributed by atoms with van der Waals surface area (Å²) in [4.78, 5) is 6.87. The molecule has 0 aromatic carbocycles. The molecule has 0 spiro atoms. The van der Waals surface area contributed by atoms with Gasteiger partial charge in [0.05, 0.1) is 12.7 Å². The Hall–Kier alpha value is -1.69. The number of hydrogen-bond donors (Lipinski definition) is 0. The van der Waals surface area contributed by atoms with Gasteiger partial charge in [0.2, 0.25) is 5.89 Å². The molecule has 0 N–H and O–H groups in total. The normalized spacial score (nSPS) is 20.1. The zero-order valence-electron chi connectivity index (χ0n) is 12.3. The molecule has 1 aliphatic heterocycles. The highest BCUT2D eigenvalue weighted by molar-refractivity contribution is 5.12. The predicted octanol–water partition coefficient (Wildman–Crippen LogP) is 2.26. The molecule has 1 fully saturated rings. The third-order valence-corrected chi connectivity index (χ3v) is 3.80. The van der Waals surface area contributed by atoms with E-state index in [1.807, 2.05) is 17.9 Å². The fraction of sp³-hybridized carbons (Fsp3) is 0.643. The van der Waals surface area contributed by atoms with Crippen molar-refractivity contribution in [2.75, 3.05) is 6.54 Å². The molecule has 20 heavy (non-hydrogen) atoms. The van der Waals surface area contributed by atoms with Crippen LogP contribution < -0.4 is 0 Å². The van der Waals surface area contributed by atoms with Gasteiger partial charge in [-0.15, -0.1) is 0 Å². The summed E-state index contributed by atoms with van der Waals surface area (Å²) in [5.41, 5.74) is 1.28. The van der Waals surface area contributed by atoms with Gasteiger partial charge in [0.15, 0.2) is 5.82 Å². The summed E-state index contributed by atoms with van der Waals surface area (Å²) < 4.78 is 7.14. The first-order valence-electron chi connectivity index (χ1n) is 7.18. The molecule has 1 aliphatic rings. The summed E-state index contributed by atoms with van der Waals surface area (Å²) in [6, 6.07) is 0.421. The molecular weight excluding hydrogens is 254 g/mol. The minimum atomic E-state index is 0.281. The Morgan fingerprint density at radius 1 is 1.45 bits per heavy atom. The van der Waals surface area contributed by atoms with Crippen LogP contribution in [0.25, 0.3) is 0 Å². The number of hydrogen-bond acceptors (Lipinski definition) is 5. The fourth-order valence-corrected chi connectivity index (χ4v) is 2.75. The van der Waals surface area contributed by atoms with E-state index in [2.05, 4.69) is 40.2 Å². The first kappa shape index (κ1) is 13.3. The number of rotatable bonds is 4. The summed E-state index contributed by atoms with van der Waals surface area (Å²) in [5, 5.41) is 8.36. The van der Waals surface area contributed by atoms with Gasteiger partial charge in [-0.05, 0) is 19.4 Å². The van der Waals surface area contributed by atoms with Crippen molar-refractivity contribution >= 4 is 0 Å². The van der Waals surface area contributed by atoms with Crippen LogP contribution in [0.4, 0.5) is 0 Å². The number of aromatic nitrogens is 4. The van der Waals surface area contributed by atoms with Gasteiger partial charge in [-0.2, -0.15) is 10.1 Å². The Morgan fingerprint density at radius 3 is 2.95 bits per heavy atom. The SMILES string of the molecule is CC(C)c1nc(CN2CCC[C@@H]2c2cnn(C)c2)no1. The maximum Gasteiger partial charge on any atom is 0.229 e. The summed E-state index contributed by atoms with van der Waals surface area (Å²) in [6.07, 6.45) is 6.42. The average molecular weight is 275 g/mol. The smallest absolute Gasteiger partial charge is 0.229 e. The molecule has 0 radical (unpaired) electrons.